The second-order valence-electron chi connectivity index (χ2n) is 5.99. The first-order valence-corrected chi connectivity index (χ1v) is 8.63. The number of para-hydroxylation sites is 2. The zero-order chi connectivity index (χ0) is 18.5. The van der Waals surface area contributed by atoms with Gasteiger partial charge in [-0.3, -0.25) is 9.78 Å². The van der Waals surface area contributed by atoms with Crippen LogP contribution in [0.2, 0.25) is 0 Å². The van der Waals surface area contributed by atoms with Gasteiger partial charge in [0.2, 0.25) is 5.90 Å². The third-order valence-electron chi connectivity index (χ3n) is 4.15. The summed E-state index contributed by atoms with van der Waals surface area (Å²) in [5.41, 5.74) is 3.52. The summed E-state index contributed by atoms with van der Waals surface area (Å²) < 4.78 is 5.63. The summed E-state index contributed by atoms with van der Waals surface area (Å²) in [7, 11) is 0. The van der Waals surface area contributed by atoms with Gasteiger partial charge in [0.05, 0.1) is 11.3 Å². The van der Waals surface area contributed by atoms with Crippen LogP contribution in [0.4, 0.5) is 11.4 Å². The summed E-state index contributed by atoms with van der Waals surface area (Å²) in [6.45, 7) is 0.598. The lowest BCUT2D eigenvalue weighted by atomic mass is 10.1. The molecule has 1 N–H and O–H groups in total. The van der Waals surface area contributed by atoms with Crippen molar-refractivity contribution in [3.63, 3.8) is 0 Å². The fourth-order valence-corrected chi connectivity index (χ4v) is 2.79. The summed E-state index contributed by atoms with van der Waals surface area (Å²) in [5.74, 6) is 0.212. The Morgan fingerprint density at radius 3 is 2.52 bits per heavy atom. The molecular formula is C21H18N4O2. The van der Waals surface area contributed by atoms with Crippen molar-refractivity contribution in [2.75, 3.05) is 16.9 Å². The molecule has 0 saturated carbocycles. The number of pyridine rings is 1. The minimum atomic E-state index is -0.202. The molecular weight excluding hydrogens is 340 g/mol. The minimum absolute atomic E-state index is 0.0492. The summed E-state index contributed by atoms with van der Waals surface area (Å²) in [5, 5.41) is 9.24. The summed E-state index contributed by atoms with van der Waals surface area (Å²) >= 11 is 0. The molecule has 6 nitrogen and oxygen atoms in total. The van der Waals surface area contributed by atoms with Crippen LogP contribution >= 0.6 is 0 Å². The molecule has 0 saturated heterocycles. The molecule has 0 bridgehead atoms. The van der Waals surface area contributed by atoms with Crippen LogP contribution < -0.4 is 10.3 Å². The number of rotatable bonds is 5. The van der Waals surface area contributed by atoms with Gasteiger partial charge in [-0.25, -0.2) is 0 Å². The minimum Gasteiger partial charge on any atom is -0.466 e. The number of nitrogens with one attached hydrogen (secondary N) is 1. The Morgan fingerprint density at radius 2 is 1.70 bits per heavy atom. The Kier molecular flexibility index (Phi) is 4.78. The number of ether oxygens (including phenoxy) is 1. The Balaban J connectivity index is 1.62. The molecule has 3 aromatic rings. The summed E-state index contributed by atoms with van der Waals surface area (Å²) in [6.07, 6.45) is 3.53. The molecule has 0 unspecified atom stereocenters. The van der Waals surface area contributed by atoms with Gasteiger partial charge in [-0.05, 0) is 42.0 Å². The standard InChI is InChI=1S/C21H18N4O2/c26-20-15-27-21(24-25(20)17-6-2-1-3-7-17)18-8-4-5-9-19(18)23-14-16-10-12-22-13-11-16/h1-13,23H,14-15H2. The van der Waals surface area contributed by atoms with Crippen molar-refractivity contribution in [1.82, 2.24) is 4.98 Å². The number of anilines is 2. The van der Waals surface area contributed by atoms with E-state index < -0.39 is 0 Å². The number of aromatic nitrogens is 1. The van der Waals surface area contributed by atoms with Crippen molar-refractivity contribution in [3.8, 4) is 0 Å². The quantitative estimate of drug-likeness (QED) is 0.759. The molecule has 1 aliphatic heterocycles. The predicted octanol–water partition coefficient (Wildman–Crippen LogP) is 3.42. The van der Waals surface area contributed by atoms with E-state index in [9.17, 15) is 4.79 Å². The van der Waals surface area contributed by atoms with E-state index >= 15 is 0 Å². The van der Waals surface area contributed by atoms with Gasteiger partial charge in [-0.15, -0.1) is 5.10 Å². The topological polar surface area (TPSA) is 66.8 Å². The van der Waals surface area contributed by atoms with Crippen LogP contribution in [0.25, 0.3) is 0 Å². The maximum atomic E-state index is 12.2. The third-order valence-corrected chi connectivity index (χ3v) is 4.15. The Labute approximate surface area is 157 Å². The van der Waals surface area contributed by atoms with Gasteiger partial charge in [-0.2, -0.15) is 5.01 Å². The second kappa shape index (κ2) is 7.70. The number of hydrogen-bond donors (Lipinski definition) is 1. The van der Waals surface area contributed by atoms with Crippen molar-refractivity contribution < 1.29 is 9.53 Å². The van der Waals surface area contributed by atoms with Crippen molar-refractivity contribution >= 4 is 23.2 Å². The predicted molar refractivity (Wildman–Crippen MR) is 104 cm³/mol. The van der Waals surface area contributed by atoms with E-state index in [1.165, 1.54) is 5.01 Å². The van der Waals surface area contributed by atoms with E-state index in [0.717, 1.165) is 16.8 Å². The van der Waals surface area contributed by atoms with E-state index in [4.69, 9.17) is 4.74 Å². The van der Waals surface area contributed by atoms with Crippen molar-refractivity contribution in [3.05, 3.63) is 90.3 Å². The molecule has 0 radical (unpaired) electrons. The van der Waals surface area contributed by atoms with Crippen molar-refractivity contribution in [2.45, 2.75) is 6.54 Å². The molecule has 0 spiro atoms. The number of hydrogen-bond acceptors (Lipinski definition) is 5. The van der Waals surface area contributed by atoms with Crippen molar-refractivity contribution in [1.29, 1.82) is 0 Å². The van der Waals surface area contributed by atoms with Gasteiger partial charge < -0.3 is 10.1 Å². The maximum Gasteiger partial charge on any atom is 0.285 e. The summed E-state index contributed by atoms with van der Waals surface area (Å²) in [6, 6.07) is 21.0. The van der Waals surface area contributed by atoms with E-state index in [0.29, 0.717) is 18.1 Å². The van der Waals surface area contributed by atoms with Gasteiger partial charge in [0.25, 0.3) is 5.91 Å². The lowest BCUT2D eigenvalue weighted by Crippen LogP contribution is -2.37. The number of hydrazone groups is 1. The summed E-state index contributed by atoms with van der Waals surface area (Å²) in [4.78, 5) is 16.3. The number of benzene rings is 2. The number of amides is 1. The third kappa shape index (κ3) is 3.79. The Hall–Kier alpha value is -3.67. The highest BCUT2D eigenvalue weighted by molar-refractivity contribution is 6.06. The number of nitrogens with zero attached hydrogens (tertiary/aromatic N) is 3. The van der Waals surface area contributed by atoms with Crippen molar-refractivity contribution in [2.24, 2.45) is 5.10 Å². The number of carbonyl (C=O) groups excluding carboxylic acids is 1. The smallest absolute Gasteiger partial charge is 0.285 e. The normalized spacial score (nSPS) is 13.7. The maximum absolute atomic E-state index is 12.2. The zero-order valence-corrected chi connectivity index (χ0v) is 14.6. The highest BCUT2D eigenvalue weighted by Crippen LogP contribution is 2.23. The second-order valence-corrected chi connectivity index (χ2v) is 5.99. The van der Waals surface area contributed by atoms with Crippen LogP contribution in [-0.4, -0.2) is 23.4 Å². The highest BCUT2D eigenvalue weighted by Gasteiger charge is 2.25. The Bertz CT molecular complexity index is 958. The van der Waals surface area contributed by atoms with Gasteiger partial charge in [0.1, 0.15) is 0 Å². The van der Waals surface area contributed by atoms with Gasteiger partial charge in [0.15, 0.2) is 6.61 Å². The fraction of sp³-hybridized carbons (Fsp3) is 0.0952. The SMILES string of the molecule is O=C1COC(c2ccccc2NCc2ccncc2)=NN1c1ccccc1. The largest absolute Gasteiger partial charge is 0.466 e. The first kappa shape index (κ1) is 16.8. The first-order chi connectivity index (χ1) is 13.3. The molecule has 1 aromatic heterocycles. The lowest BCUT2D eigenvalue weighted by Gasteiger charge is -2.24. The molecule has 134 valence electrons. The van der Waals surface area contributed by atoms with Crippen LogP contribution in [0.5, 0.6) is 0 Å². The van der Waals surface area contributed by atoms with Crippen LogP contribution in [-0.2, 0) is 16.1 Å². The zero-order valence-electron chi connectivity index (χ0n) is 14.6. The molecule has 6 heteroatoms. The molecule has 4 rings (SSSR count). The molecule has 1 amide bonds. The molecule has 1 aliphatic rings. The van der Waals surface area contributed by atoms with E-state index in [1.54, 1.807) is 12.4 Å². The molecule has 0 aliphatic carbocycles. The highest BCUT2D eigenvalue weighted by atomic mass is 16.5. The molecule has 0 atom stereocenters. The van der Waals surface area contributed by atoms with E-state index in [2.05, 4.69) is 15.4 Å². The molecule has 27 heavy (non-hydrogen) atoms. The molecule has 2 aromatic carbocycles. The van der Waals surface area contributed by atoms with E-state index in [-0.39, 0.29) is 12.5 Å². The average molecular weight is 358 g/mol. The monoisotopic (exact) mass is 358 g/mol. The molecule has 2 heterocycles. The van der Waals surface area contributed by atoms with Gasteiger partial charge in [-0.1, -0.05) is 30.3 Å². The van der Waals surface area contributed by atoms with Crippen LogP contribution in [0.1, 0.15) is 11.1 Å². The van der Waals surface area contributed by atoms with Crippen LogP contribution in [0.3, 0.4) is 0 Å². The number of carbonyl (C=O) groups is 1. The van der Waals surface area contributed by atoms with Crippen LogP contribution in [0.15, 0.2) is 84.2 Å². The lowest BCUT2D eigenvalue weighted by molar-refractivity contribution is -0.121. The van der Waals surface area contributed by atoms with Crippen LogP contribution in [0, 0.1) is 0 Å². The van der Waals surface area contributed by atoms with Gasteiger partial charge >= 0.3 is 0 Å². The average Bonchev–Trinajstić information content (AvgIpc) is 2.74. The van der Waals surface area contributed by atoms with Gasteiger partial charge in [0, 0.05) is 24.6 Å². The fourth-order valence-electron chi connectivity index (χ4n) is 2.79. The molecule has 0 fully saturated rings. The first-order valence-electron chi connectivity index (χ1n) is 8.63. The van der Waals surface area contributed by atoms with E-state index in [1.807, 2.05) is 66.7 Å². The Morgan fingerprint density at radius 1 is 0.963 bits per heavy atom.